The van der Waals surface area contributed by atoms with Gasteiger partial charge in [0.15, 0.2) is 11.5 Å². The summed E-state index contributed by atoms with van der Waals surface area (Å²) in [6.45, 7) is 6.20. The Kier molecular flexibility index (Phi) is 4.06. The standard InChI is InChI=1S/C17H20N2O2/c1-3-18-17(14-5-4-12(2)19-11-14)13-6-7-15-16(10-13)21-9-8-20-15/h4-7,10-11,17-18H,3,8-9H2,1-2H3. The van der Waals surface area contributed by atoms with Crippen molar-refractivity contribution in [2.75, 3.05) is 19.8 Å². The lowest BCUT2D eigenvalue weighted by molar-refractivity contribution is 0.171. The Morgan fingerprint density at radius 3 is 2.57 bits per heavy atom. The minimum absolute atomic E-state index is 0.110. The molecule has 1 aromatic heterocycles. The van der Waals surface area contributed by atoms with Crippen molar-refractivity contribution >= 4 is 0 Å². The fraction of sp³-hybridized carbons (Fsp3) is 0.353. The molecular weight excluding hydrogens is 264 g/mol. The Morgan fingerprint density at radius 2 is 1.86 bits per heavy atom. The summed E-state index contributed by atoms with van der Waals surface area (Å²) in [6.07, 6.45) is 1.93. The third-order valence-electron chi connectivity index (χ3n) is 3.58. The number of aryl methyl sites for hydroxylation is 1. The summed E-state index contributed by atoms with van der Waals surface area (Å²) >= 11 is 0. The van der Waals surface area contributed by atoms with Gasteiger partial charge in [-0.05, 0) is 42.8 Å². The molecule has 2 heterocycles. The van der Waals surface area contributed by atoms with Gasteiger partial charge in [0.25, 0.3) is 0 Å². The molecule has 1 aliphatic rings. The first-order valence-corrected chi connectivity index (χ1v) is 7.33. The van der Waals surface area contributed by atoms with Crippen molar-refractivity contribution < 1.29 is 9.47 Å². The molecule has 21 heavy (non-hydrogen) atoms. The van der Waals surface area contributed by atoms with E-state index in [0.717, 1.165) is 34.9 Å². The predicted octanol–water partition coefficient (Wildman–Crippen LogP) is 2.86. The maximum Gasteiger partial charge on any atom is 0.161 e. The molecule has 3 rings (SSSR count). The van der Waals surface area contributed by atoms with Gasteiger partial charge < -0.3 is 14.8 Å². The zero-order chi connectivity index (χ0) is 14.7. The molecule has 1 N–H and O–H groups in total. The van der Waals surface area contributed by atoms with Gasteiger partial charge in [-0.1, -0.05) is 19.1 Å². The highest BCUT2D eigenvalue weighted by atomic mass is 16.6. The van der Waals surface area contributed by atoms with Gasteiger partial charge in [-0.3, -0.25) is 4.98 Å². The van der Waals surface area contributed by atoms with E-state index in [2.05, 4.69) is 35.4 Å². The van der Waals surface area contributed by atoms with E-state index in [4.69, 9.17) is 9.47 Å². The van der Waals surface area contributed by atoms with E-state index < -0.39 is 0 Å². The molecule has 0 radical (unpaired) electrons. The molecule has 1 unspecified atom stereocenters. The Bertz CT molecular complexity index is 611. The van der Waals surface area contributed by atoms with Crippen molar-refractivity contribution in [1.82, 2.24) is 10.3 Å². The second-order valence-corrected chi connectivity index (χ2v) is 5.13. The Labute approximate surface area is 125 Å². The normalized spacial score (nSPS) is 14.8. The SMILES string of the molecule is CCNC(c1ccc(C)nc1)c1ccc2c(c1)OCCO2. The van der Waals surface area contributed by atoms with Crippen molar-refractivity contribution in [2.24, 2.45) is 0 Å². The first-order valence-electron chi connectivity index (χ1n) is 7.33. The smallest absolute Gasteiger partial charge is 0.161 e. The number of nitrogens with zero attached hydrogens (tertiary/aromatic N) is 1. The molecule has 0 saturated heterocycles. The highest BCUT2D eigenvalue weighted by molar-refractivity contribution is 5.46. The van der Waals surface area contributed by atoms with Crippen LogP contribution < -0.4 is 14.8 Å². The second-order valence-electron chi connectivity index (χ2n) is 5.13. The molecule has 0 saturated carbocycles. The zero-order valence-corrected chi connectivity index (χ0v) is 12.4. The lowest BCUT2D eigenvalue weighted by Crippen LogP contribution is -2.23. The lowest BCUT2D eigenvalue weighted by Gasteiger charge is -2.23. The summed E-state index contributed by atoms with van der Waals surface area (Å²) in [5, 5.41) is 3.51. The van der Waals surface area contributed by atoms with Crippen molar-refractivity contribution in [2.45, 2.75) is 19.9 Å². The summed E-state index contributed by atoms with van der Waals surface area (Å²) in [5.74, 6) is 1.64. The topological polar surface area (TPSA) is 43.4 Å². The predicted molar refractivity (Wildman–Crippen MR) is 81.9 cm³/mol. The van der Waals surface area contributed by atoms with Crippen LogP contribution in [0.3, 0.4) is 0 Å². The number of hydrogen-bond acceptors (Lipinski definition) is 4. The number of aromatic nitrogens is 1. The second kappa shape index (κ2) is 6.14. The van der Waals surface area contributed by atoms with E-state index in [1.807, 2.05) is 25.3 Å². The number of fused-ring (bicyclic) bond motifs is 1. The molecule has 110 valence electrons. The average molecular weight is 284 g/mol. The third-order valence-corrected chi connectivity index (χ3v) is 3.58. The minimum Gasteiger partial charge on any atom is -0.486 e. The van der Waals surface area contributed by atoms with Crippen molar-refractivity contribution in [1.29, 1.82) is 0 Å². The van der Waals surface area contributed by atoms with E-state index in [-0.39, 0.29) is 6.04 Å². The molecular formula is C17H20N2O2. The number of pyridine rings is 1. The van der Waals surface area contributed by atoms with Crippen LogP contribution in [0.2, 0.25) is 0 Å². The largest absolute Gasteiger partial charge is 0.486 e. The molecule has 2 aromatic rings. The molecule has 0 fully saturated rings. The van der Waals surface area contributed by atoms with Crippen LogP contribution in [0.4, 0.5) is 0 Å². The summed E-state index contributed by atoms with van der Waals surface area (Å²) < 4.78 is 11.3. The van der Waals surface area contributed by atoms with Gasteiger partial charge >= 0.3 is 0 Å². The molecule has 4 nitrogen and oxygen atoms in total. The Hall–Kier alpha value is -2.07. The van der Waals surface area contributed by atoms with Crippen LogP contribution >= 0.6 is 0 Å². The van der Waals surface area contributed by atoms with Crippen LogP contribution in [-0.4, -0.2) is 24.7 Å². The third kappa shape index (κ3) is 3.00. The van der Waals surface area contributed by atoms with E-state index in [0.29, 0.717) is 13.2 Å². The molecule has 1 aliphatic heterocycles. The Balaban J connectivity index is 1.95. The zero-order valence-electron chi connectivity index (χ0n) is 12.4. The number of benzene rings is 1. The quantitative estimate of drug-likeness (QED) is 0.937. The monoisotopic (exact) mass is 284 g/mol. The van der Waals surface area contributed by atoms with Crippen LogP contribution in [-0.2, 0) is 0 Å². The first-order chi connectivity index (χ1) is 10.3. The summed E-state index contributed by atoms with van der Waals surface area (Å²) in [5.41, 5.74) is 3.34. The van der Waals surface area contributed by atoms with Gasteiger partial charge in [0.1, 0.15) is 13.2 Å². The average Bonchev–Trinajstić information content (AvgIpc) is 2.53. The maximum atomic E-state index is 5.68. The maximum absolute atomic E-state index is 5.68. The lowest BCUT2D eigenvalue weighted by atomic mass is 9.99. The number of hydrogen-bond donors (Lipinski definition) is 1. The van der Waals surface area contributed by atoms with Gasteiger partial charge in [0.05, 0.1) is 6.04 Å². The highest BCUT2D eigenvalue weighted by Crippen LogP contribution is 2.34. The Morgan fingerprint density at radius 1 is 1.10 bits per heavy atom. The van der Waals surface area contributed by atoms with Crippen LogP contribution in [0.5, 0.6) is 11.5 Å². The van der Waals surface area contributed by atoms with E-state index in [1.54, 1.807) is 0 Å². The van der Waals surface area contributed by atoms with Gasteiger partial charge in [-0.15, -0.1) is 0 Å². The van der Waals surface area contributed by atoms with Crippen molar-refractivity contribution in [3.63, 3.8) is 0 Å². The summed E-state index contributed by atoms with van der Waals surface area (Å²) in [7, 11) is 0. The molecule has 1 aromatic carbocycles. The fourth-order valence-electron chi connectivity index (χ4n) is 2.52. The van der Waals surface area contributed by atoms with Gasteiger partial charge in [-0.25, -0.2) is 0 Å². The van der Waals surface area contributed by atoms with Crippen LogP contribution in [0, 0.1) is 6.92 Å². The van der Waals surface area contributed by atoms with E-state index in [9.17, 15) is 0 Å². The molecule has 0 amide bonds. The summed E-state index contributed by atoms with van der Waals surface area (Å²) in [4.78, 5) is 4.40. The number of ether oxygens (including phenoxy) is 2. The van der Waals surface area contributed by atoms with Crippen molar-refractivity contribution in [3.05, 3.63) is 53.3 Å². The fourth-order valence-corrected chi connectivity index (χ4v) is 2.52. The summed E-state index contributed by atoms with van der Waals surface area (Å²) in [6, 6.07) is 10.4. The highest BCUT2D eigenvalue weighted by Gasteiger charge is 2.18. The molecule has 0 spiro atoms. The number of rotatable bonds is 4. The van der Waals surface area contributed by atoms with Gasteiger partial charge in [0.2, 0.25) is 0 Å². The van der Waals surface area contributed by atoms with E-state index >= 15 is 0 Å². The van der Waals surface area contributed by atoms with Gasteiger partial charge in [0, 0.05) is 11.9 Å². The molecule has 0 bridgehead atoms. The van der Waals surface area contributed by atoms with Gasteiger partial charge in [-0.2, -0.15) is 0 Å². The van der Waals surface area contributed by atoms with E-state index in [1.165, 1.54) is 0 Å². The molecule has 0 aliphatic carbocycles. The number of nitrogens with one attached hydrogen (secondary N) is 1. The molecule has 4 heteroatoms. The minimum atomic E-state index is 0.110. The van der Waals surface area contributed by atoms with Crippen LogP contribution in [0.25, 0.3) is 0 Å². The van der Waals surface area contributed by atoms with Crippen LogP contribution in [0.15, 0.2) is 36.5 Å². The molecule has 1 atom stereocenters. The van der Waals surface area contributed by atoms with Crippen LogP contribution in [0.1, 0.15) is 29.8 Å². The first kappa shape index (κ1) is 13.9. The van der Waals surface area contributed by atoms with Crippen molar-refractivity contribution in [3.8, 4) is 11.5 Å².